The fourth-order valence-electron chi connectivity index (χ4n) is 5.19. The van der Waals surface area contributed by atoms with Crippen LogP contribution < -0.4 is 15.0 Å². The molecule has 4 aromatic rings. The Bertz CT molecular complexity index is 1710. The molecule has 1 unspecified atom stereocenters. The Balaban J connectivity index is 1.52. The van der Waals surface area contributed by atoms with E-state index in [4.69, 9.17) is 32.9 Å². The quantitative estimate of drug-likeness (QED) is 0.110. The zero-order chi connectivity index (χ0) is 35.2. The Kier molecular flexibility index (Phi) is 12.6. The lowest BCUT2D eigenvalue weighted by Crippen LogP contribution is -3.10. The van der Waals surface area contributed by atoms with Crippen LogP contribution in [-0.4, -0.2) is 80.9 Å². The number of carbonyl (C=O) groups excluding carboxylic acids is 1. The molecule has 0 saturated carbocycles. The minimum absolute atomic E-state index is 0.153. The zero-order valence-corrected chi connectivity index (χ0v) is 30.9. The molecule has 1 amide bonds. The van der Waals surface area contributed by atoms with Gasteiger partial charge in [-0.05, 0) is 61.0 Å². The molecule has 258 valence electrons. The minimum atomic E-state index is -0.586. The Morgan fingerprint density at radius 3 is 2.42 bits per heavy atom. The number of nitrogens with zero attached hydrogens (tertiary/aromatic N) is 3. The molecule has 0 aliphatic heterocycles. The first-order chi connectivity index (χ1) is 22.7. The number of rotatable bonds is 15. The van der Waals surface area contributed by atoms with E-state index in [2.05, 4.69) is 33.4 Å². The van der Waals surface area contributed by atoms with Crippen molar-refractivity contribution in [3.8, 4) is 11.4 Å². The van der Waals surface area contributed by atoms with Crippen LogP contribution >= 0.6 is 35.0 Å². The van der Waals surface area contributed by atoms with Gasteiger partial charge in [0.15, 0.2) is 5.16 Å². The maximum atomic E-state index is 15.5. The van der Waals surface area contributed by atoms with Crippen LogP contribution in [0.1, 0.15) is 48.0 Å². The van der Waals surface area contributed by atoms with Gasteiger partial charge in [-0.3, -0.25) is 9.36 Å². The van der Waals surface area contributed by atoms with Gasteiger partial charge in [-0.1, -0.05) is 54.9 Å². The summed E-state index contributed by atoms with van der Waals surface area (Å²) in [6.07, 6.45) is 1.77. The molecule has 1 atom stereocenters. The van der Waals surface area contributed by atoms with Gasteiger partial charge in [-0.25, -0.2) is 13.8 Å². The van der Waals surface area contributed by atoms with Crippen LogP contribution in [-0.2, 0) is 11.2 Å². The number of halogens is 4. The van der Waals surface area contributed by atoms with Crippen LogP contribution in [0.2, 0.25) is 10.0 Å². The first-order valence-corrected chi connectivity index (χ1v) is 17.6. The SMILES string of the molecule is CC[N+](C)(C)CC[NH+](C)CCNC(=O)c1cc(F)c(CSc2ncc(C(C)(C)c3ccc(Cl)c(OC)c3)n2-c2ccc(F)cc2)c(Cl)c1. The van der Waals surface area contributed by atoms with Gasteiger partial charge in [0, 0.05) is 33.0 Å². The van der Waals surface area contributed by atoms with Crippen molar-refractivity contribution in [3.05, 3.63) is 105 Å². The number of benzene rings is 3. The van der Waals surface area contributed by atoms with Gasteiger partial charge in [0.05, 0.1) is 64.8 Å². The fraction of sp³-hybridized carbons (Fsp3) is 0.389. The average molecular weight is 721 g/mol. The molecule has 12 heteroatoms. The summed E-state index contributed by atoms with van der Waals surface area (Å²) in [5, 5.41) is 4.11. The summed E-state index contributed by atoms with van der Waals surface area (Å²) < 4.78 is 37.8. The van der Waals surface area contributed by atoms with E-state index in [0.29, 0.717) is 28.2 Å². The number of amides is 1. The van der Waals surface area contributed by atoms with Crippen molar-refractivity contribution in [1.82, 2.24) is 14.9 Å². The van der Waals surface area contributed by atoms with E-state index in [1.165, 1.54) is 40.9 Å². The van der Waals surface area contributed by atoms with Crippen LogP contribution in [0.15, 0.2) is 66.0 Å². The first-order valence-electron chi connectivity index (χ1n) is 15.9. The molecular weight excluding hydrogens is 675 g/mol. The number of imidazole rings is 1. The molecule has 1 heterocycles. The molecule has 0 aliphatic carbocycles. The molecule has 0 bridgehead atoms. The molecular formula is C36H45Cl2F2N5O2S+2. The molecule has 4 rings (SSSR count). The second kappa shape index (κ2) is 16.0. The molecule has 0 saturated heterocycles. The highest BCUT2D eigenvalue weighted by Crippen LogP contribution is 2.39. The molecule has 0 spiro atoms. The molecule has 2 N–H and O–H groups in total. The number of quaternary nitrogens is 2. The Hall–Kier alpha value is -3.15. The number of likely N-dealkylation sites (N-methyl/N-ethyl adjacent to an activating group) is 2. The van der Waals surface area contributed by atoms with Gasteiger partial charge in [0.1, 0.15) is 30.5 Å². The van der Waals surface area contributed by atoms with Crippen LogP contribution in [0.3, 0.4) is 0 Å². The number of hydrogen-bond acceptors (Lipinski definition) is 4. The van der Waals surface area contributed by atoms with Crippen molar-refractivity contribution < 1.29 is 27.7 Å². The van der Waals surface area contributed by atoms with Crippen molar-refractivity contribution >= 4 is 40.9 Å². The summed E-state index contributed by atoms with van der Waals surface area (Å²) >= 11 is 14.2. The smallest absolute Gasteiger partial charge is 0.251 e. The van der Waals surface area contributed by atoms with Crippen molar-refractivity contribution in [1.29, 1.82) is 0 Å². The van der Waals surface area contributed by atoms with E-state index in [9.17, 15) is 9.18 Å². The number of methoxy groups -OCH3 is 1. The first kappa shape index (κ1) is 37.7. The van der Waals surface area contributed by atoms with Gasteiger partial charge in [-0.15, -0.1) is 0 Å². The third-order valence-corrected chi connectivity index (χ3v) is 10.5. The number of nitrogens with one attached hydrogen (secondary N) is 2. The number of hydrogen-bond donors (Lipinski definition) is 2. The summed E-state index contributed by atoms with van der Waals surface area (Å²) in [7, 11) is 8.07. The predicted molar refractivity (Wildman–Crippen MR) is 191 cm³/mol. The van der Waals surface area contributed by atoms with E-state index in [0.717, 1.165) is 41.9 Å². The third kappa shape index (κ3) is 9.09. The van der Waals surface area contributed by atoms with Crippen molar-refractivity contribution in [2.45, 2.75) is 37.1 Å². The molecule has 0 fully saturated rings. The standard InChI is InChI=1S/C36H43Cl2F2N5O2S/c1-8-45(5,6)18-17-43(4)16-15-41-34(46)24-19-30(38)28(31(40)20-24)23-48-35-42-22-33(44(35)27-12-10-26(39)11-13-27)36(2,3)25-9-14-29(37)32(21-25)47-7/h9-14,19-22H,8,15-18,23H2,1-7H3/p+2. The van der Waals surface area contributed by atoms with Crippen molar-refractivity contribution in [2.24, 2.45) is 0 Å². The molecule has 48 heavy (non-hydrogen) atoms. The summed E-state index contributed by atoms with van der Waals surface area (Å²) in [6, 6.07) is 14.5. The van der Waals surface area contributed by atoms with Crippen LogP contribution in [0.5, 0.6) is 5.75 Å². The maximum absolute atomic E-state index is 15.5. The fourth-order valence-corrected chi connectivity index (χ4v) is 6.77. The topological polar surface area (TPSA) is 60.6 Å². The normalized spacial score (nSPS) is 12.6. The minimum Gasteiger partial charge on any atom is -0.495 e. The number of ether oxygens (including phenoxy) is 1. The van der Waals surface area contributed by atoms with E-state index >= 15 is 4.39 Å². The van der Waals surface area contributed by atoms with E-state index in [1.54, 1.807) is 31.5 Å². The lowest BCUT2D eigenvalue weighted by atomic mass is 9.81. The highest BCUT2D eigenvalue weighted by molar-refractivity contribution is 7.98. The molecule has 3 aromatic carbocycles. The van der Waals surface area contributed by atoms with Gasteiger partial charge < -0.3 is 19.4 Å². The maximum Gasteiger partial charge on any atom is 0.251 e. The Morgan fingerprint density at radius 1 is 1.06 bits per heavy atom. The average Bonchev–Trinajstić information content (AvgIpc) is 3.48. The van der Waals surface area contributed by atoms with Crippen LogP contribution in [0.4, 0.5) is 8.78 Å². The molecule has 0 radical (unpaired) electrons. The summed E-state index contributed by atoms with van der Waals surface area (Å²) in [4.78, 5) is 18.9. The molecule has 1 aromatic heterocycles. The van der Waals surface area contributed by atoms with Gasteiger partial charge >= 0.3 is 0 Å². The Labute approximate surface area is 296 Å². The predicted octanol–water partition coefficient (Wildman–Crippen LogP) is 6.42. The highest BCUT2D eigenvalue weighted by atomic mass is 35.5. The largest absolute Gasteiger partial charge is 0.495 e. The van der Waals surface area contributed by atoms with Crippen molar-refractivity contribution in [2.75, 3.05) is 61.0 Å². The van der Waals surface area contributed by atoms with E-state index in [1.807, 2.05) is 30.5 Å². The molecule has 0 aliphatic rings. The lowest BCUT2D eigenvalue weighted by molar-refractivity contribution is -0.940. The summed E-state index contributed by atoms with van der Waals surface area (Å²) in [5.41, 5.74) is 2.29. The number of carbonyl (C=O) groups is 1. The lowest BCUT2D eigenvalue weighted by Gasteiger charge is -2.29. The van der Waals surface area contributed by atoms with Crippen molar-refractivity contribution in [3.63, 3.8) is 0 Å². The second-order valence-corrected chi connectivity index (χ2v) is 14.9. The van der Waals surface area contributed by atoms with Gasteiger partial charge in [0.25, 0.3) is 5.91 Å². The molecule has 7 nitrogen and oxygen atoms in total. The van der Waals surface area contributed by atoms with E-state index < -0.39 is 11.2 Å². The van der Waals surface area contributed by atoms with Crippen LogP contribution in [0.25, 0.3) is 5.69 Å². The third-order valence-electron chi connectivity index (χ3n) is 8.91. The van der Waals surface area contributed by atoms with E-state index in [-0.39, 0.29) is 33.6 Å². The second-order valence-electron chi connectivity index (χ2n) is 13.1. The van der Waals surface area contributed by atoms with Crippen LogP contribution in [0, 0.1) is 11.6 Å². The zero-order valence-electron chi connectivity index (χ0n) is 28.6. The highest BCUT2D eigenvalue weighted by Gasteiger charge is 2.30. The number of aromatic nitrogens is 2. The number of thioether (sulfide) groups is 1. The monoisotopic (exact) mass is 719 g/mol. The summed E-state index contributed by atoms with van der Waals surface area (Å²) in [6.45, 7) is 10.6. The van der Waals surface area contributed by atoms with Gasteiger partial charge in [-0.2, -0.15) is 0 Å². The Morgan fingerprint density at radius 2 is 1.77 bits per heavy atom. The van der Waals surface area contributed by atoms with Gasteiger partial charge in [0.2, 0.25) is 0 Å². The summed E-state index contributed by atoms with van der Waals surface area (Å²) in [5.74, 6) is -0.606.